The Morgan fingerprint density at radius 2 is 0.966 bits per heavy atom. The lowest BCUT2D eigenvalue weighted by molar-refractivity contribution is -0.355. The van der Waals surface area contributed by atoms with Gasteiger partial charge in [0.05, 0.1) is 39.6 Å². The van der Waals surface area contributed by atoms with Crippen molar-refractivity contribution < 1.29 is 146 Å². The summed E-state index contributed by atoms with van der Waals surface area (Å²) in [4.78, 5) is 19.8. The predicted octanol–water partition coefficient (Wildman–Crippen LogP) is -15.4. The summed E-state index contributed by atoms with van der Waals surface area (Å²) in [5.74, 6) is -2.16. The molecule has 352 valence electrons. The van der Waals surface area contributed by atoms with Crippen LogP contribution in [0.5, 0.6) is 0 Å². The van der Waals surface area contributed by atoms with Gasteiger partial charge in [0.15, 0.2) is 25.2 Å². The zero-order valence-corrected chi connectivity index (χ0v) is 30.8. The number of carbonyl (C=O) groups excluding carboxylic acids is 2. The molecule has 3 saturated heterocycles. The predicted molar refractivity (Wildman–Crippen MR) is 179 cm³/mol. The molecule has 0 radical (unpaired) electrons. The highest BCUT2D eigenvalue weighted by molar-refractivity contribution is 5.57. The smallest absolute Gasteiger partial charge is 0.219 e. The number of aliphatic hydroxyl groups excluding tert-OH is 22. The highest BCUT2D eigenvalue weighted by atomic mass is 16.7. The molecule has 29 nitrogen and oxygen atoms in total. The summed E-state index contributed by atoms with van der Waals surface area (Å²) in [7, 11) is 0. The Labute approximate surface area is 332 Å². The number of carbonyl (C=O) groups is 2. The van der Waals surface area contributed by atoms with Crippen molar-refractivity contribution >= 4 is 12.6 Å². The molecule has 29 heteroatoms. The highest BCUT2D eigenvalue weighted by Gasteiger charge is 2.53. The van der Waals surface area contributed by atoms with Gasteiger partial charge in [-0.05, 0) is 0 Å². The number of aliphatic hydroxyl groups is 23. The van der Waals surface area contributed by atoms with Crippen molar-refractivity contribution in [2.75, 3.05) is 39.6 Å². The topological polar surface area (TPSA) is 536 Å². The van der Waals surface area contributed by atoms with Gasteiger partial charge in [-0.3, -0.25) is 0 Å². The van der Waals surface area contributed by atoms with Gasteiger partial charge in [-0.25, -0.2) is 0 Å². The molecule has 0 amide bonds. The lowest BCUT2D eigenvalue weighted by atomic mass is 9.97. The maximum Gasteiger partial charge on any atom is 0.219 e. The van der Waals surface area contributed by atoms with Crippen molar-refractivity contribution in [3.05, 3.63) is 0 Å². The molecule has 3 heterocycles. The summed E-state index contributed by atoms with van der Waals surface area (Å²) in [6.07, 6.45) is -33.3. The van der Waals surface area contributed by atoms with E-state index in [4.69, 9.17) is 90.8 Å². The van der Waals surface area contributed by atoms with Crippen LogP contribution < -0.4 is 0 Å². The molecule has 3 fully saturated rings. The van der Waals surface area contributed by atoms with E-state index in [2.05, 4.69) is 4.74 Å². The molecule has 23 N–H and O–H groups in total. The van der Waals surface area contributed by atoms with Crippen LogP contribution in [0, 0.1) is 0 Å². The fourth-order valence-electron chi connectivity index (χ4n) is 4.95. The second-order valence-electron chi connectivity index (χ2n) is 13.0. The molecule has 0 spiro atoms. The van der Waals surface area contributed by atoms with Gasteiger partial charge in [-0.15, -0.1) is 0 Å². The Bertz CT molecular complexity index is 1110. The average molecular weight is 883 g/mol. The Morgan fingerprint density at radius 1 is 0.525 bits per heavy atom. The van der Waals surface area contributed by atoms with Crippen LogP contribution in [0.15, 0.2) is 0 Å². The van der Waals surface area contributed by atoms with Crippen molar-refractivity contribution in [3.8, 4) is 0 Å². The van der Waals surface area contributed by atoms with Crippen LogP contribution >= 0.6 is 0 Å². The first-order valence-electron chi connectivity index (χ1n) is 17.3. The SMILES string of the molecule is O=C[C@H](O)[C@@H](O)[C@H](O)[C@H](O)CO.O=C[C@H](O)[C@@H](O)[C@H](O)[C@H](O)CO.OC[C@H]1O[C@@H](O[C@H]2[C@H](O)[C@@H](O)[C@H](O)O[C@@H]2CO)[C@H](O)[C@@H](O)[C@H]1O.OC[C@H]1O[C@](O)(CO)[C@@H](O)[C@@H]1O. The number of aldehydes is 2. The van der Waals surface area contributed by atoms with E-state index < -0.39 is 174 Å². The van der Waals surface area contributed by atoms with E-state index in [1.807, 2.05) is 0 Å². The molecule has 22 atom stereocenters. The Balaban J connectivity index is 0.000000806. The van der Waals surface area contributed by atoms with E-state index in [0.717, 1.165) is 0 Å². The van der Waals surface area contributed by atoms with E-state index in [1.54, 1.807) is 0 Å². The molecule has 0 aromatic carbocycles. The van der Waals surface area contributed by atoms with Crippen molar-refractivity contribution in [1.82, 2.24) is 0 Å². The van der Waals surface area contributed by atoms with Crippen molar-refractivity contribution in [1.29, 1.82) is 0 Å². The molecule has 59 heavy (non-hydrogen) atoms. The van der Waals surface area contributed by atoms with E-state index in [1.165, 1.54) is 0 Å². The molecular formula is C30H58O29. The average Bonchev–Trinajstić information content (AvgIpc) is 3.48. The molecule has 0 aromatic rings. The summed E-state index contributed by atoms with van der Waals surface area (Å²) >= 11 is 0. The van der Waals surface area contributed by atoms with Crippen molar-refractivity contribution in [2.45, 2.75) is 134 Å². The standard InChI is InChI=1S/C12H22O11.3C6H12O6/c13-1-3-5(15)6(16)9(19)12(22-3)23-10-4(2-14)21-11(20)8(18)7(10)17;7-1-3-4(9)5(10)6(11,2-8)12-3;2*7-1-3(9)5(11)6(12)4(10)2-8/h3-20H,1-2H2;3-5,7-11H,1-2H2;2*1,3-6,8-12H,2H2/t3-,4-,5+,6+,7-,8-,9-,10-,11-,12+;3-,4-,5+,6-;2*3-,4+,5+,6+/m1100/s1. The van der Waals surface area contributed by atoms with Crippen LogP contribution in [0.1, 0.15) is 0 Å². The molecular weight excluding hydrogens is 824 g/mol. The fraction of sp³-hybridized carbons (Fsp3) is 0.933. The first kappa shape index (κ1) is 57.3. The molecule has 0 bridgehead atoms. The van der Waals surface area contributed by atoms with Gasteiger partial charge in [-0.1, -0.05) is 0 Å². The quantitative estimate of drug-likeness (QED) is 0.0640. The van der Waals surface area contributed by atoms with Gasteiger partial charge in [0.25, 0.3) is 0 Å². The molecule has 0 unspecified atom stereocenters. The Kier molecular flexibility index (Phi) is 26.5. The van der Waals surface area contributed by atoms with Crippen LogP contribution in [-0.4, -0.2) is 304 Å². The minimum Gasteiger partial charge on any atom is -0.394 e. The zero-order valence-electron chi connectivity index (χ0n) is 30.8. The first-order valence-corrected chi connectivity index (χ1v) is 17.3. The lowest BCUT2D eigenvalue weighted by Gasteiger charge is -2.45. The fourth-order valence-corrected chi connectivity index (χ4v) is 4.95. The van der Waals surface area contributed by atoms with E-state index in [9.17, 15) is 50.4 Å². The molecule has 3 aliphatic rings. The molecule has 0 saturated carbocycles. The number of ether oxygens (including phenoxy) is 4. The van der Waals surface area contributed by atoms with Crippen LogP contribution in [0.4, 0.5) is 0 Å². The van der Waals surface area contributed by atoms with Gasteiger partial charge < -0.3 is 146 Å². The third kappa shape index (κ3) is 15.8. The van der Waals surface area contributed by atoms with Gasteiger partial charge in [-0.2, -0.15) is 0 Å². The summed E-state index contributed by atoms with van der Waals surface area (Å²) in [5, 5.41) is 208. The molecule has 0 aliphatic carbocycles. The Morgan fingerprint density at radius 3 is 1.31 bits per heavy atom. The maximum absolute atomic E-state index is 9.94. The summed E-state index contributed by atoms with van der Waals surface area (Å²) < 4.78 is 19.9. The zero-order chi connectivity index (χ0) is 46.1. The van der Waals surface area contributed by atoms with Crippen LogP contribution in [0.25, 0.3) is 0 Å². The van der Waals surface area contributed by atoms with Gasteiger partial charge >= 0.3 is 0 Å². The summed E-state index contributed by atoms with van der Waals surface area (Å²) in [5.41, 5.74) is 0. The minimum atomic E-state index is -2.16. The first-order chi connectivity index (χ1) is 27.4. The van der Waals surface area contributed by atoms with Crippen molar-refractivity contribution in [3.63, 3.8) is 0 Å². The van der Waals surface area contributed by atoms with Gasteiger partial charge in [0.2, 0.25) is 5.79 Å². The van der Waals surface area contributed by atoms with Gasteiger partial charge in [0.1, 0.15) is 116 Å². The maximum atomic E-state index is 9.94. The number of rotatable bonds is 16. The van der Waals surface area contributed by atoms with Crippen LogP contribution in [-0.2, 0) is 28.5 Å². The molecule has 3 rings (SSSR count). The van der Waals surface area contributed by atoms with E-state index in [0.29, 0.717) is 0 Å². The summed E-state index contributed by atoms with van der Waals surface area (Å²) in [6, 6.07) is 0. The van der Waals surface area contributed by atoms with Crippen molar-refractivity contribution in [2.24, 2.45) is 0 Å². The van der Waals surface area contributed by atoms with Crippen LogP contribution in [0.2, 0.25) is 0 Å². The highest BCUT2D eigenvalue weighted by Crippen LogP contribution is 2.29. The van der Waals surface area contributed by atoms with E-state index in [-0.39, 0.29) is 12.6 Å². The second-order valence-corrected chi connectivity index (χ2v) is 13.0. The Hall–Kier alpha value is -1.74. The third-order valence-electron chi connectivity index (χ3n) is 8.75. The molecule has 0 aromatic heterocycles. The lowest BCUT2D eigenvalue weighted by Crippen LogP contribution is -2.64. The largest absolute Gasteiger partial charge is 0.394 e. The third-order valence-corrected chi connectivity index (χ3v) is 8.75. The van der Waals surface area contributed by atoms with Crippen LogP contribution in [0.3, 0.4) is 0 Å². The number of hydrogen-bond donors (Lipinski definition) is 23. The normalized spacial score (nSPS) is 38.5. The molecule has 3 aliphatic heterocycles. The minimum absolute atomic E-state index is 0.0258. The summed E-state index contributed by atoms with van der Waals surface area (Å²) in [6.45, 7) is -4.22. The monoisotopic (exact) mass is 882 g/mol. The van der Waals surface area contributed by atoms with E-state index >= 15 is 0 Å². The van der Waals surface area contributed by atoms with Gasteiger partial charge in [0, 0.05) is 0 Å². The second kappa shape index (κ2) is 27.3. The number of hydrogen-bond acceptors (Lipinski definition) is 29.